The monoisotopic (exact) mass is 583 g/mol. The molecule has 1 N–H and O–H groups in total. The molecule has 0 saturated carbocycles. The van der Waals surface area contributed by atoms with E-state index < -0.39 is 12.0 Å². The number of rotatable bonds is 9. The number of ether oxygens (including phenoxy) is 4. The number of fused-ring (bicyclic) bond motifs is 2. The van der Waals surface area contributed by atoms with Crippen molar-refractivity contribution in [2.45, 2.75) is 32.5 Å². The molecule has 1 atom stereocenters. The van der Waals surface area contributed by atoms with Crippen LogP contribution >= 0.6 is 11.8 Å². The van der Waals surface area contributed by atoms with Crippen molar-refractivity contribution in [3.05, 3.63) is 112 Å². The normalized spacial score (nSPS) is 16.9. The van der Waals surface area contributed by atoms with Gasteiger partial charge in [-0.3, -0.25) is 4.79 Å². The molecule has 3 aromatic carbocycles. The van der Waals surface area contributed by atoms with Gasteiger partial charge in [0.2, 0.25) is 12.7 Å². The van der Waals surface area contributed by atoms with E-state index in [-0.39, 0.29) is 19.1 Å². The Hall–Kier alpha value is -4.70. The highest BCUT2D eigenvalue weighted by Crippen LogP contribution is 2.45. The second kappa shape index (κ2) is 12.0. The van der Waals surface area contributed by atoms with Gasteiger partial charge in [-0.05, 0) is 53.3 Å². The van der Waals surface area contributed by atoms with Crippen LogP contribution in [0, 0.1) is 0 Å². The fourth-order valence-electron chi connectivity index (χ4n) is 5.05. The van der Waals surface area contributed by atoms with Gasteiger partial charge >= 0.3 is 5.97 Å². The number of benzene rings is 3. The standard InChI is InChI=1S/C32H29N3O6S/c1-20-29(31(37)38-2)30(23-9-6-10-25(14-23)39-17-21-7-4-3-5-8-21)35-24(18-42-32(35)34-20)15-28(36)33-16-22-11-12-26-27(13-22)41-19-40-26/h3-14,18,30H,15-17,19H2,1-2H3,(H,33,36). The molecule has 6 rings (SSSR count). The molecule has 0 bridgehead atoms. The van der Waals surface area contributed by atoms with Gasteiger partial charge in [0.05, 0.1) is 30.8 Å². The van der Waals surface area contributed by atoms with E-state index in [1.54, 1.807) is 6.92 Å². The van der Waals surface area contributed by atoms with Gasteiger partial charge in [-0.2, -0.15) is 0 Å². The average Bonchev–Trinajstić information content (AvgIpc) is 3.65. The number of hydrogen-bond acceptors (Lipinski definition) is 9. The van der Waals surface area contributed by atoms with Gasteiger partial charge in [0.25, 0.3) is 0 Å². The summed E-state index contributed by atoms with van der Waals surface area (Å²) in [6.45, 7) is 2.75. The van der Waals surface area contributed by atoms with Gasteiger partial charge < -0.3 is 29.2 Å². The molecule has 3 aromatic rings. The fourth-order valence-corrected chi connectivity index (χ4v) is 6.01. The molecule has 9 nitrogen and oxygen atoms in total. The third-order valence-electron chi connectivity index (χ3n) is 7.10. The van der Waals surface area contributed by atoms with Gasteiger partial charge in [0, 0.05) is 12.2 Å². The molecule has 0 saturated heterocycles. The molecule has 0 aromatic heterocycles. The van der Waals surface area contributed by atoms with E-state index in [1.165, 1.54) is 18.9 Å². The minimum Gasteiger partial charge on any atom is -0.489 e. The zero-order chi connectivity index (χ0) is 29.1. The van der Waals surface area contributed by atoms with E-state index in [9.17, 15) is 9.59 Å². The molecule has 3 aliphatic rings. The number of amides is 1. The van der Waals surface area contributed by atoms with Crippen molar-refractivity contribution in [2.24, 2.45) is 4.99 Å². The number of esters is 1. The Kier molecular flexibility index (Phi) is 7.87. The number of hydrogen-bond donors (Lipinski definition) is 1. The summed E-state index contributed by atoms with van der Waals surface area (Å²) in [5.41, 5.74) is 4.49. The van der Waals surface area contributed by atoms with Crippen LogP contribution in [0.2, 0.25) is 0 Å². The Bertz CT molecular complexity index is 1620. The highest BCUT2D eigenvalue weighted by atomic mass is 32.2. The minimum atomic E-state index is -0.548. The maximum Gasteiger partial charge on any atom is 0.338 e. The first-order chi connectivity index (χ1) is 20.5. The van der Waals surface area contributed by atoms with Gasteiger partial charge in [-0.1, -0.05) is 60.3 Å². The van der Waals surface area contributed by atoms with Gasteiger partial charge in [0.1, 0.15) is 12.4 Å². The fraction of sp³-hybridized carbons (Fsp3) is 0.219. The topological polar surface area (TPSA) is 98.7 Å². The number of nitrogens with one attached hydrogen (secondary N) is 1. The Morgan fingerprint density at radius 2 is 1.86 bits per heavy atom. The van der Waals surface area contributed by atoms with E-state index in [0.29, 0.717) is 46.8 Å². The first-order valence-corrected chi connectivity index (χ1v) is 14.3. The van der Waals surface area contributed by atoms with Crippen LogP contribution in [0.1, 0.15) is 36.1 Å². The van der Waals surface area contributed by atoms with Crippen LogP contribution in [0.15, 0.2) is 100 Å². The Morgan fingerprint density at radius 1 is 1.02 bits per heavy atom. The third-order valence-corrected chi connectivity index (χ3v) is 7.99. The minimum absolute atomic E-state index is 0.102. The highest BCUT2D eigenvalue weighted by Gasteiger charge is 2.41. The van der Waals surface area contributed by atoms with Crippen LogP contribution in [0.3, 0.4) is 0 Å². The molecule has 1 amide bonds. The van der Waals surface area contributed by atoms with Gasteiger partial charge in [-0.25, -0.2) is 9.79 Å². The summed E-state index contributed by atoms with van der Waals surface area (Å²) in [5, 5.41) is 5.59. The van der Waals surface area contributed by atoms with Crippen molar-refractivity contribution in [3.63, 3.8) is 0 Å². The number of carbonyl (C=O) groups excluding carboxylic acids is 2. The van der Waals surface area contributed by atoms with Crippen LogP contribution < -0.4 is 19.5 Å². The highest BCUT2D eigenvalue weighted by molar-refractivity contribution is 8.16. The summed E-state index contributed by atoms with van der Waals surface area (Å²) in [4.78, 5) is 32.9. The predicted molar refractivity (Wildman–Crippen MR) is 159 cm³/mol. The summed E-state index contributed by atoms with van der Waals surface area (Å²) in [6, 6.07) is 22.6. The van der Waals surface area contributed by atoms with Crippen molar-refractivity contribution in [1.82, 2.24) is 10.2 Å². The zero-order valence-corrected chi connectivity index (χ0v) is 24.0. The second-order valence-electron chi connectivity index (χ2n) is 9.87. The summed E-state index contributed by atoms with van der Waals surface area (Å²) in [5.74, 6) is 1.40. The number of allylic oxidation sites excluding steroid dienone is 1. The second-order valence-corrected chi connectivity index (χ2v) is 10.7. The lowest BCUT2D eigenvalue weighted by Crippen LogP contribution is -2.37. The first kappa shape index (κ1) is 27.5. The lowest BCUT2D eigenvalue weighted by Gasteiger charge is -2.36. The van der Waals surface area contributed by atoms with Crippen LogP contribution in [-0.2, 0) is 27.5 Å². The van der Waals surface area contributed by atoms with E-state index >= 15 is 0 Å². The molecule has 0 radical (unpaired) electrons. The molecule has 42 heavy (non-hydrogen) atoms. The largest absolute Gasteiger partial charge is 0.489 e. The smallest absolute Gasteiger partial charge is 0.338 e. The van der Waals surface area contributed by atoms with E-state index in [1.807, 2.05) is 83.1 Å². The number of methoxy groups -OCH3 is 1. The summed E-state index contributed by atoms with van der Waals surface area (Å²) in [7, 11) is 1.36. The summed E-state index contributed by atoms with van der Waals surface area (Å²) >= 11 is 1.43. The van der Waals surface area contributed by atoms with Gasteiger partial charge in [-0.15, -0.1) is 0 Å². The quantitative estimate of drug-likeness (QED) is 0.332. The zero-order valence-electron chi connectivity index (χ0n) is 23.2. The van der Waals surface area contributed by atoms with E-state index in [0.717, 1.165) is 22.4 Å². The summed E-state index contributed by atoms with van der Waals surface area (Å²) in [6.07, 6.45) is 0.102. The summed E-state index contributed by atoms with van der Waals surface area (Å²) < 4.78 is 22.1. The lowest BCUT2D eigenvalue weighted by molar-refractivity contribution is -0.136. The van der Waals surface area contributed by atoms with E-state index in [4.69, 9.17) is 23.9 Å². The Labute approximate surface area is 247 Å². The maximum absolute atomic E-state index is 13.1. The lowest BCUT2D eigenvalue weighted by atomic mass is 9.93. The van der Waals surface area contributed by atoms with Crippen molar-refractivity contribution in [1.29, 1.82) is 0 Å². The van der Waals surface area contributed by atoms with Gasteiger partial charge in [0.15, 0.2) is 16.7 Å². The predicted octanol–water partition coefficient (Wildman–Crippen LogP) is 5.45. The Balaban J connectivity index is 1.22. The SMILES string of the molecule is COC(=O)C1=C(C)N=C2SC=C(CC(=O)NCc3ccc4c(c3)OCO4)N2C1c1cccc(OCc2ccccc2)c1. The van der Waals surface area contributed by atoms with Crippen LogP contribution in [0.25, 0.3) is 0 Å². The number of thioether (sulfide) groups is 1. The number of amidine groups is 1. The van der Waals surface area contributed by atoms with Crippen molar-refractivity contribution >= 4 is 28.8 Å². The molecule has 10 heteroatoms. The Morgan fingerprint density at radius 3 is 2.69 bits per heavy atom. The van der Waals surface area contributed by atoms with Crippen LogP contribution in [0.4, 0.5) is 0 Å². The third kappa shape index (κ3) is 5.71. The number of nitrogens with zero attached hydrogens (tertiary/aromatic N) is 2. The number of carbonyl (C=O) groups is 2. The van der Waals surface area contributed by atoms with Crippen molar-refractivity contribution in [3.8, 4) is 17.2 Å². The molecular formula is C32H29N3O6S. The molecule has 0 aliphatic carbocycles. The first-order valence-electron chi connectivity index (χ1n) is 13.4. The molecule has 3 aliphatic heterocycles. The molecular weight excluding hydrogens is 554 g/mol. The number of aliphatic imine (C=N–C) groups is 1. The van der Waals surface area contributed by atoms with Crippen LogP contribution in [-0.4, -0.2) is 35.8 Å². The molecule has 0 spiro atoms. The van der Waals surface area contributed by atoms with E-state index in [2.05, 4.69) is 5.32 Å². The molecule has 214 valence electrons. The molecule has 0 fully saturated rings. The van der Waals surface area contributed by atoms with Crippen LogP contribution in [0.5, 0.6) is 17.2 Å². The maximum atomic E-state index is 13.1. The molecule has 3 heterocycles. The van der Waals surface area contributed by atoms with Crippen molar-refractivity contribution < 1.29 is 28.5 Å². The molecule has 1 unspecified atom stereocenters. The average molecular weight is 584 g/mol. The van der Waals surface area contributed by atoms with Crippen molar-refractivity contribution in [2.75, 3.05) is 13.9 Å².